The van der Waals surface area contributed by atoms with Gasteiger partial charge in [-0.05, 0) is 31.0 Å². The van der Waals surface area contributed by atoms with Gasteiger partial charge in [-0.1, -0.05) is 0 Å². The molecule has 3 heterocycles. The van der Waals surface area contributed by atoms with Crippen molar-refractivity contribution in [2.24, 2.45) is 0 Å². The highest BCUT2D eigenvalue weighted by Crippen LogP contribution is 2.33. The summed E-state index contributed by atoms with van der Waals surface area (Å²) in [5.74, 6) is 0.324. The van der Waals surface area contributed by atoms with Gasteiger partial charge < -0.3 is 14.4 Å². The van der Waals surface area contributed by atoms with Gasteiger partial charge in [0.1, 0.15) is 5.75 Å². The van der Waals surface area contributed by atoms with E-state index < -0.39 is 0 Å². The number of hydrogen-bond acceptors (Lipinski definition) is 4. The number of fused-ring (bicyclic) bond motifs is 3. The molecule has 2 aromatic heterocycles. The van der Waals surface area contributed by atoms with E-state index in [9.17, 15) is 5.11 Å². The van der Waals surface area contributed by atoms with E-state index in [-0.39, 0.29) is 0 Å². The van der Waals surface area contributed by atoms with Crippen LogP contribution in [-0.2, 0) is 11.3 Å². The first-order chi connectivity index (χ1) is 11.7. The molecular weight excluding hydrogens is 302 g/mol. The van der Waals surface area contributed by atoms with Crippen molar-refractivity contribution in [1.29, 1.82) is 0 Å². The third kappa shape index (κ3) is 2.74. The van der Waals surface area contributed by atoms with Crippen molar-refractivity contribution in [3.8, 4) is 5.75 Å². The Morgan fingerprint density at radius 3 is 2.83 bits per heavy atom. The van der Waals surface area contributed by atoms with Gasteiger partial charge in [-0.25, -0.2) is 0 Å². The van der Waals surface area contributed by atoms with E-state index in [1.807, 2.05) is 24.5 Å². The maximum Gasteiger partial charge on any atom is 0.117 e. The molecule has 0 aliphatic carbocycles. The Kier molecular flexibility index (Phi) is 4.12. The molecule has 1 fully saturated rings. The monoisotopic (exact) mass is 325 g/mol. The zero-order valence-corrected chi connectivity index (χ0v) is 14.0. The first-order valence-electron chi connectivity index (χ1n) is 8.59. The van der Waals surface area contributed by atoms with Crippen LogP contribution in [0.3, 0.4) is 0 Å². The van der Waals surface area contributed by atoms with E-state index >= 15 is 0 Å². The minimum atomic E-state index is 0.324. The van der Waals surface area contributed by atoms with Gasteiger partial charge in [0.2, 0.25) is 0 Å². The van der Waals surface area contributed by atoms with E-state index in [4.69, 9.17) is 4.74 Å². The summed E-state index contributed by atoms with van der Waals surface area (Å²) in [5.41, 5.74) is 3.34. The van der Waals surface area contributed by atoms with Crippen LogP contribution in [0.15, 0.2) is 30.6 Å². The van der Waals surface area contributed by atoms with Crippen LogP contribution >= 0.6 is 0 Å². The number of ether oxygens (including phenoxy) is 1. The van der Waals surface area contributed by atoms with Crippen molar-refractivity contribution < 1.29 is 9.84 Å². The van der Waals surface area contributed by atoms with E-state index in [0.717, 1.165) is 62.4 Å². The Labute approximate surface area is 141 Å². The van der Waals surface area contributed by atoms with Crippen LogP contribution in [0.25, 0.3) is 21.8 Å². The topological polar surface area (TPSA) is 50.5 Å². The third-order valence-electron chi connectivity index (χ3n) is 4.91. The number of phenolic OH excluding ortho intramolecular Hbond substituents is 1. The van der Waals surface area contributed by atoms with Crippen molar-refractivity contribution in [1.82, 2.24) is 14.5 Å². The maximum absolute atomic E-state index is 10.0. The number of nitrogens with zero attached hydrogens (tertiary/aromatic N) is 3. The summed E-state index contributed by atoms with van der Waals surface area (Å²) in [7, 11) is 0. The summed E-state index contributed by atoms with van der Waals surface area (Å²) in [4.78, 5) is 6.77. The van der Waals surface area contributed by atoms with Gasteiger partial charge in [-0.15, -0.1) is 0 Å². The van der Waals surface area contributed by atoms with E-state index in [0.29, 0.717) is 5.75 Å². The second-order valence-electron chi connectivity index (χ2n) is 6.51. The fourth-order valence-corrected chi connectivity index (χ4v) is 3.77. The molecule has 24 heavy (non-hydrogen) atoms. The largest absolute Gasteiger partial charge is 0.508 e. The summed E-state index contributed by atoms with van der Waals surface area (Å²) in [6.45, 7) is 7.77. The van der Waals surface area contributed by atoms with Gasteiger partial charge in [0.05, 0.1) is 30.4 Å². The molecule has 126 valence electrons. The second-order valence-corrected chi connectivity index (χ2v) is 6.51. The number of aromatic hydroxyl groups is 1. The number of aromatic nitrogens is 2. The second kappa shape index (κ2) is 6.42. The van der Waals surface area contributed by atoms with Crippen LogP contribution in [0.1, 0.15) is 12.0 Å². The summed E-state index contributed by atoms with van der Waals surface area (Å²) in [6, 6.07) is 5.78. The highest BCUT2D eigenvalue weighted by atomic mass is 16.5. The molecule has 0 bridgehead atoms. The molecule has 0 unspecified atom stereocenters. The molecule has 0 amide bonds. The van der Waals surface area contributed by atoms with Crippen molar-refractivity contribution in [3.05, 3.63) is 36.2 Å². The lowest BCUT2D eigenvalue weighted by Crippen LogP contribution is -2.37. The Bertz CT molecular complexity index is 866. The van der Waals surface area contributed by atoms with E-state index in [2.05, 4.69) is 27.4 Å². The highest BCUT2D eigenvalue weighted by molar-refractivity contribution is 6.09. The smallest absolute Gasteiger partial charge is 0.117 e. The minimum absolute atomic E-state index is 0.324. The number of morpholine rings is 1. The molecule has 0 radical (unpaired) electrons. The minimum Gasteiger partial charge on any atom is -0.508 e. The van der Waals surface area contributed by atoms with Crippen LogP contribution in [0, 0.1) is 6.92 Å². The standard InChI is InChI=1S/C19H23N3O2/c1-14-11-15(23)12-17-19(14)16-3-4-20-13-18(16)22(17)6-2-5-21-7-9-24-10-8-21/h3-4,11-13,23H,2,5-10H2,1H3. The van der Waals surface area contributed by atoms with Crippen molar-refractivity contribution in [2.75, 3.05) is 32.8 Å². The van der Waals surface area contributed by atoms with Crippen LogP contribution in [0.2, 0.25) is 0 Å². The average molecular weight is 325 g/mol. The van der Waals surface area contributed by atoms with Gasteiger partial charge >= 0.3 is 0 Å². The lowest BCUT2D eigenvalue weighted by molar-refractivity contribution is 0.0370. The lowest BCUT2D eigenvalue weighted by atomic mass is 10.1. The molecule has 1 aliphatic rings. The fourth-order valence-electron chi connectivity index (χ4n) is 3.77. The molecule has 5 nitrogen and oxygen atoms in total. The highest BCUT2D eigenvalue weighted by Gasteiger charge is 2.15. The van der Waals surface area contributed by atoms with Gasteiger partial charge in [-0.2, -0.15) is 0 Å². The summed E-state index contributed by atoms with van der Waals surface area (Å²) >= 11 is 0. The molecule has 0 atom stereocenters. The summed E-state index contributed by atoms with van der Waals surface area (Å²) in [6.07, 6.45) is 4.84. The van der Waals surface area contributed by atoms with Gasteiger partial charge in [-0.3, -0.25) is 9.88 Å². The van der Waals surface area contributed by atoms with Crippen LogP contribution in [0.5, 0.6) is 5.75 Å². The summed E-state index contributed by atoms with van der Waals surface area (Å²) < 4.78 is 7.71. The Morgan fingerprint density at radius 2 is 2.00 bits per heavy atom. The van der Waals surface area contributed by atoms with Crippen molar-refractivity contribution in [3.63, 3.8) is 0 Å². The number of hydrogen-bond donors (Lipinski definition) is 1. The van der Waals surface area contributed by atoms with Gasteiger partial charge in [0, 0.05) is 49.2 Å². The van der Waals surface area contributed by atoms with Crippen molar-refractivity contribution >= 4 is 21.8 Å². The predicted octanol–water partition coefficient (Wildman–Crippen LogP) is 2.93. The van der Waals surface area contributed by atoms with Crippen LogP contribution in [-0.4, -0.2) is 52.4 Å². The maximum atomic E-state index is 10.0. The fraction of sp³-hybridized carbons (Fsp3) is 0.421. The van der Waals surface area contributed by atoms with E-state index in [1.165, 1.54) is 10.8 Å². The zero-order chi connectivity index (χ0) is 16.5. The number of benzene rings is 1. The first kappa shape index (κ1) is 15.4. The normalized spacial score (nSPS) is 16.2. The SMILES string of the molecule is Cc1cc(O)cc2c1c1ccncc1n2CCCN1CCOCC1. The molecule has 5 heteroatoms. The Hall–Kier alpha value is -2.11. The molecule has 1 N–H and O–H groups in total. The number of aryl methyl sites for hydroxylation is 2. The van der Waals surface area contributed by atoms with Crippen LogP contribution < -0.4 is 0 Å². The summed E-state index contributed by atoms with van der Waals surface area (Å²) in [5, 5.41) is 12.5. The van der Waals surface area contributed by atoms with Crippen molar-refractivity contribution in [2.45, 2.75) is 19.9 Å². The zero-order valence-electron chi connectivity index (χ0n) is 14.0. The average Bonchev–Trinajstić information content (AvgIpc) is 2.90. The molecule has 0 spiro atoms. The molecular formula is C19H23N3O2. The lowest BCUT2D eigenvalue weighted by Gasteiger charge is -2.26. The predicted molar refractivity (Wildman–Crippen MR) is 95.5 cm³/mol. The molecule has 1 aromatic carbocycles. The van der Waals surface area contributed by atoms with Gasteiger partial charge in [0.25, 0.3) is 0 Å². The molecule has 4 rings (SSSR count). The molecule has 0 saturated carbocycles. The molecule has 1 saturated heterocycles. The van der Waals surface area contributed by atoms with Crippen LogP contribution in [0.4, 0.5) is 0 Å². The van der Waals surface area contributed by atoms with E-state index in [1.54, 1.807) is 0 Å². The Balaban J connectivity index is 1.67. The molecule has 3 aromatic rings. The third-order valence-corrected chi connectivity index (χ3v) is 4.91. The Morgan fingerprint density at radius 1 is 1.17 bits per heavy atom. The molecule has 1 aliphatic heterocycles. The number of rotatable bonds is 4. The van der Waals surface area contributed by atoms with Gasteiger partial charge in [0.15, 0.2) is 0 Å². The number of pyridine rings is 1. The quantitative estimate of drug-likeness (QED) is 0.801. The number of phenols is 1. The first-order valence-corrected chi connectivity index (χ1v) is 8.59.